The summed E-state index contributed by atoms with van der Waals surface area (Å²) in [7, 11) is -2.46. The first kappa shape index (κ1) is 23.9. The Kier molecular flexibility index (Phi) is 7.32. The molecule has 0 radical (unpaired) electrons. The number of hydrogen-bond donors (Lipinski definition) is 2. The second-order valence-corrected chi connectivity index (χ2v) is 9.33. The van der Waals surface area contributed by atoms with Gasteiger partial charge < -0.3 is 14.8 Å². The maximum absolute atomic E-state index is 13.0. The molecular formula is C21H29N5O5S. The van der Waals surface area contributed by atoms with Crippen LogP contribution < -0.4 is 10.3 Å². The van der Waals surface area contributed by atoms with E-state index in [-0.39, 0.29) is 29.4 Å². The third-order valence-electron chi connectivity index (χ3n) is 5.08. The van der Waals surface area contributed by atoms with Crippen molar-refractivity contribution in [2.45, 2.75) is 44.9 Å². The maximum atomic E-state index is 13.0. The number of aromatic amines is 1. The van der Waals surface area contributed by atoms with Crippen LogP contribution in [0.25, 0.3) is 16.9 Å². The second-order valence-electron chi connectivity index (χ2n) is 7.28. The molecule has 174 valence electrons. The number of aliphatic hydroxyl groups excluding tert-OH is 1. The summed E-state index contributed by atoms with van der Waals surface area (Å²) < 4.78 is 34.1. The summed E-state index contributed by atoms with van der Waals surface area (Å²) in [4.78, 5) is 20.3. The molecule has 2 heterocycles. The number of aromatic nitrogens is 4. The molecule has 32 heavy (non-hydrogen) atoms. The van der Waals surface area contributed by atoms with Gasteiger partial charge in [0.15, 0.2) is 11.3 Å². The lowest BCUT2D eigenvalue weighted by Crippen LogP contribution is -2.29. The van der Waals surface area contributed by atoms with Gasteiger partial charge in [-0.15, -0.1) is 5.10 Å². The Morgan fingerprint density at radius 1 is 1.25 bits per heavy atom. The Balaban J connectivity index is 2.25. The molecule has 0 aliphatic rings. The van der Waals surface area contributed by atoms with Gasteiger partial charge >= 0.3 is 0 Å². The average Bonchev–Trinajstić information content (AvgIpc) is 3.12. The van der Waals surface area contributed by atoms with Gasteiger partial charge in [0.05, 0.1) is 29.4 Å². The number of nitrogens with zero attached hydrogens (tertiary/aromatic N) is 4. The smallest absolute Gasteiger partial charge is 0.277 e. The van der Waals surface area contributed by atoms with Crippen LogP contribution in [0.4, 0.5) is 0 Å². The molecule has 0 aliphatic carbocycles. The largest absolute Gasteiger partial charge is 0.493 e. The first-order chi connectivity index (χ1) is 15.3. The summed E-state index contributed by atoms with van der Waals surface area (Å²) >= 11 is 0. The van der Waals surface area contributed by atoms with Crippen LogP contribution in [0.2, 0.25) is 0 Å². The van der Waals surface area contributed by atoms with Crippen LogP contribution in [0.5, 0.6) is 5.75 Å². The van der Waals surface area contributed by atoms with E-state index in [9.17, 15) is 13.2 Å². The highest BCUT2D eigenvalue weighted by molar-refractivity contribution is 7.89. The van der Waals surface area contributed by atoms with Crippen LogP contribution in [-0.4, -0.2) is 64.2 Å². The van der Waals surface area contributed by atoms with E-state index in [1.807, 2.05) is 20.8 Å². The van der Waals surface area contributed by atoms with E-state index in [1.165, 1.54) is 19.2 Å². The van der Waals surface area contributed by atoms with Gasteiger partial charge in [-0.1, -0.05) is 13.8 Å². The van der Waals surface area contributed by atoms with Crippen LogP contribution in [0.3, 0.4) is 0 Å². The monoisotopic (exact) mass is 463 g/mol. The van der Waals surface area contributed by atoms with Crippen LogP contribution in [0.15, 0.2) is 27.9 Å². The van der Waals surface area contributed by atoms with Gasteiger partial charge in [-0.25, -0.2) is 17.9 Å². The average molecular weight is 464 g/mol. The highest BCUT2D eigenvalue weighted by Crippen LogP contribution is 2.31. The van der Waals surface area contributed by atoms with E-state index in [4.69, 9.17) is 9.84 Å². The molecule has 3 rings (SSSR count). The minimum absolute atomic E-state index is 0.00306. The van der Waals surface area contributed by atoms with Crippen molar-refractivity contribution in [3.05, 3.63) is 40.1 Å². The van der Waals surface area contributed by atoms with Crippen LogP contribution >= 0.6 is 0 Å². The third-order valence-corrected chi connectivity index (χ3v) is 6.93. The van der Waals surface area contributed by atoms with Crippen molar-refractivity contribution in [3.63, 3.8) is 0 Å². The molecule has 0 bridgehead atoms. The van der Waals surface area contributed by atoms with E-state index in [2.05, 4.69) is 15.1 Å². The lowest BCUT2D eigenvalue weighted by Gasteiger charge is -2.17. The van der Waals surface area contributed by atoms with E-state index in [0.29, 0.717) is 47.8 Å². The standard InChI is InChI=1S/C21H29N5O5S/c1-5-8-18-22-16(6-2)19-21(28)23-20(24-26(18)19)15-13-14(9-10-17(15)31-7-3)32(29,30)25(4)11-12-27/h9-10,13,27H,5-8,11-12H2,1-4H3,(H,23,24,28). The second kappa shape index (κ2) is 9.80. The fourth-order valence-electron chi connectivity index (χ4n) is 3.46. The van der Waals surface area contributed by atoms with Crippen LogP contribution in [0, 0.1) is 0 Å². The molecule has 1 aromatic carbocycles. The number of aliphatic hydroxyl groups is 1. The lowest BCUT2D eigenvalue weighted by atomic mass is 10.2. The van der Waals surface area contributed by atoms with E-state index < -0.39 is 10.0 Å². The molecule has 2 aromatic heterocycles. The quantitative estimate of drug-likeness (QED) is 0.467. The number of H-pyrrole nitrogens is 1. The molecule has 0 unspecified atom stereocenters. The Hall–Kier alpha value is -2.76. The number of likely N-dealkylation sites (N-methyl/N-ethyl adjacent to an activating group) is 1. The zero-order valence-corrected chi connectivity index (χ0v) is 19.6. The number of benzene rings is 1. The topological polar surface area (TPSA) is 130 Å². The predicted molar refractivity (Wildman–Crippen MR) is 120 cm³/mol. The van der Waals surface area contributed by atoms with Crippen molar-refractivity contribution >= 4 is 15.5 Å². The molecule has 0 amide bonds. The van der Waals surface area contributed by atoms with E-state index in [0.717, 1.165) is 10.7 Å². The van der Waals surface area contributed by atoms with Gasteiger partial charge in [0.2, 0.25) is 10.0 Å². The number of hydrogen-bond acceptors (Lipinski definition) is 7. The predicted octanol–water partition coefficient (Wildman–Crippen LogP) is 1.61. The number of aryl methyl sites for hydroxylation is 2. The molecule has 3 aromatic rings. The number of sulfonamides is 1. The Labute approximate surface area is 186 Å². The zero-order valence-electron chi connectivity index (χ0n) is 18.8. The summed E-state index contributed by atoms with van der Waals surface area (Å²) in [6, 6.07) is 4.40. The lowest BCUT2D eigenvalue weighted by molar-refractivity contribution is 0.266. The van der Waals surface area contributed by atoms with Gasteiger partial charge in [-0.3, -0.25) is 4.79 Å². The number of rotatable bonds is 10. The molecule has 0 spiro atoms. The molecule has 0 fully saturated rings. The maximum Gasteiger partial charge on any atom is 0.277 e. The molecular weight excluding hydrogens is 434 g/mol. The van der Waals surface area contributed by atoms with Crippen molar-refractivity contribution in [1.82, 2.24) is 23.9 Å². The fourth-order valence-corrected chi connectivity index (χ4v) is 4.65. The summed E-state index contributed by atoms with van der Waals surface area (Å²) in [5, 5.41) is 13.7. The van der Waals surface area contributed by atoms with Gasteiger partial charge in [0, 0.05) is 20.0 Å². The van der Waals surface area contributed by atoms with Gasteiger partial charge in [-0.2, -0.15) is 4.31 Å². The van der Waals surface area contributed by atoms with Crippen molar-refractivity contribution in [2.24, 2.45) is 0 Å². The molecule has 0 saturated heterocycles. The molecule has 0 atom stereocenters. The highest BCUT2D eigenvalue weighted by Gasteiger charge is 2.24. The number of fused-ring (bicyclic) bond motifs is 1. The van der Waals surface area contributed by atoms with Crippen LogP contribution in [-0.2, 0) is 22.9 Å². The van der Waals surface area contributed by atoms with E-state index >= 15 is 0 Å². The molecule has 10 nitrogen and oxygen atoms in total. The summed E-state index contributed by atoms with van der Waals surface area (Å²) in [5.41, 5.74) is 1.05. The van der Waals surface area contributed by atoms with E-state index in [1.54, 1.807) is 10.6 Å². The number of nitrogens with one attached hydrogen (secondary N) is 1. The molecule has 0 aliphatic heterocycles. The number of ether oxygens (including phenoxy) is 1. The minimum Gasteiger partial charge on any atom is -0.493 e. The highest BCUT2D eigenvalue weighted by atomic mass is 32.2. The molecule has 11 heteroatoms. The van der Waals surface area contributed by atoms with Gasteiger partial charge in [-0.05, 0) is 38.0 Å². The van der Waals surface area contributed by atoms with Crippen molar-refractivity contribution in [2.75, 3.05) is 26.8 Å². The van der Waals surface area contributed by atoms with Crippen molar-refractivity contribution in [3.8, 4) is 17.1 Å². The van der Waals surface area contributed by atoms with Crippen molar-refractivity contribution in [1.29, 1.82) is 0 Å². The minimum atomic E-state index is -3.85. The number of imidazole rings is 1. The fraction of sp³-hybridized carbons (Fsp3) is 0.476. The first-order valence-electron chi connectivity index (χ1n) is 10.6. The summed E-state index contributed by atoms with van der Waals surface area (Å²) in [5.74, 6) is 1.26. The first-order valence-corrected chi connectivity index (χ1v) is 12.1. The normalized spacial score (nSPS) is 12.1. The summed E-state index contributed by atoms with van der Waals surface area (Å²) in [6.45, 7) is 5.77. The van der Waals surface area contributed by atoms with Crippen molar-refractivity contribution < 1.29 is 18.3 Å². The Morgan fingerprint density at radius 2 is 2.00 bits per heavy atom. The SMILES string of the molecule is CCCc1nc(CC)c2c(=O)[nH]c(-c3cc(S(=O)(=O)N(C)CCO)ccc3OCC)nn12. The third kappa shape index (κ3) is 4.41. The van der Waals surface area contributed by atoms with Crippen LogP contribution in [0.1, 0.15) is 38.7 Å². The zero-order chi connectivity index (χ0) is 23.5. The Morgan fingerprint density at radius 3 is 2.62 bits per heavy atom. The molecule has 0 saturated carbocycles. The van der Waals surface area contributed by atoms with Gasteiger partial charge in [0.1, 0.15) is 11.6 Å². The molecule has 2 N–H and O–H groups in total. The summed E-state index contributed by atoms with van der Waals surface area (Å²) in [6.07, 6.45) is 2.07. The Bertz CT molecular complexity index is 1270. The van der Waals surface area contributed by atoms with Gasteiger partial charge in [0.25, 0.3) is 5.56 Å².